The quantitative estimate of drug-likeness (QED) is 0.0195. The van der Waals surface area contributed by atoms with E-state index in [9.17, 15) is 35.1 Å². The number of hydrogen-bond acceptors (Lipinski definition) is 10. The number of allylic oxidation sites excluding steroid dienone is 17. The molecule has 1 aliphatic rings. The van der Waals surface area contributed by atoms with Crippen molar-refractivity contribution in [3.8, 4) is 0 Å². The van der Waals surface area contributed by atoms with E-state index in [0.29, 0.717) is 12.8 Å². The van der Waals surface area contributed by atoms with Gasteiger partial charge in [-0.25, -0.2) is 0 Å². The first-order chi connectivity index (χ1) is 39.2. The number of hydrogen-bond donors (Lipinski definition) is 6. The van der Waals surface area contributed by atoms with Gasteiger partial charge in [-0.05, 0) is 103 Å². The second kappa shape index (κ2) is 55.8. The standard InChI is InChI=1S/C69H117NO10/c1-4-7-10-13-16-19-22-25-27-29-30-31-32-33-34-35-37-39-42-45-48-51-54-57-64(74)80-67-66(76)65(75)63(58-71)79-69(67)78-59-60(61(72)55-52-49-46-43-40-24-21-18-15-12-9-6-3)70-68(77)62(73)56-53-50-47-44-41-38-36-28-26-23-20-17-14-11-8-5-2/h8,11,16-17,19-20,25-28,30-31,38,41,47,50,52,55,60-63,65-67,69,71-73,75-76H,4-7,9-10,12-15,18,21-24,29,32-37,39-40,42-46,48-49,51,53-54,56-59H2,1-3H3,(H,70,77)/b11-8-,19-16-,20-17-,27-25-,28-26-,31-30-,41-38-,50-47-,55-52+. The normalized spacial score (nSPS) is 19.5. The third kappa shape index (κ3) is 43.1. The Morgan fingerprint density at radius 2 is 0.900 bits per heavy atom. The van der Waals surface area contributed by atoms with E-state index < -0.39 is 67.4 Å². The number of carbonyl (C=O) groups is 2. The number of rotatable bonds is 53. The summed E-state index contributed by atoms with van der Waals surface area (Å²) in [5.74, 6) is -1.27. The smallest absolute Gasteiger partial charge is 0.306 e. The summed E-state index contributed by atoms with van der Waals surface area (Å²) in [6.07, 6.45) is 65.6. The molecule has 8 unspecified atom stereocenters. The zero-order valence-electron chi connectivity index (χ0n) is 50.7. The number of aliphatic hydroxyl groups is 5. The number of aliphatic hydroxyl groups excluding tert-OH is 5. The predicted molar refractivity (Wildman–Crippen MR) is 333 cm³/mol. The fraction of sp³-hybridized carbons (Fsp3) is 0.710. The molecule has 1 saturated heterocycles. The maximum absolute atomic E-state index is 13.4. The van der Waals surface area contributed by atoms with Crippen molar-refractivity contribution in [2.45, 2.75) is 301 Å². The Morgan fingerprint density at radius 1 is 0.500 bits per heavy atom. The number of esters is 1. The predicted octanol–water partition coefficient (Wildman–Crippen LogP) is 15.7. The van der Waals surface area contributed by atoms with Gasteiger partial charge in [0.15, 0.2) is 12.4 Å². The molecule has 458 valence electrons. The van der Waals surface area contributed by atoms with Crippen LogP contribution in [0, 0.1) is 0 Å². The molecule has 0 bridgehead atoms. The molecule has 1 fully saturated rings. The highest BCUT2D eigenvalue weighted by molar-refractivity contribution is 5.80. The van der Waals surface area contributed by atoms with E-state index in [-0.39, 0.29) is 19.4 Å². The maximum Gasteiger partial charge on any atom is 0.306 e. The number of amides is 1. The highest BCUT2D eigenvalue weighted by Crippen LogP contribution is 2.26. The monoisotopic (exact) mass is 1120 g/mol. The Hall–Kier alpha value is -3.68. The molecular formula is C69H117NO10. The lowest BCUT2D eigenvalue weighted by molar-refractivity contribution is -0.305. The molecule has 0 radical (unpaired) electrons. The van der Waals surface area contributed by atoms with Gasteiger partial charge in [0, 0.05) is 6.42 Å². The minimum atomic E-state index is -1.63. The Kier molecular flexibility index (Phi) is 51.9. The van der Waals surface area contributed by atoms with Gasteiger partial charge in [0.05, 0.1) is 25.4 Å². The van der Waals surface area contributed by atoms with Crippen LogP contribution in [0.3, 0.4) is 0 Å². The molecule has 11 nitrogen and oxygen atoms in total. The number of ether oxygens (including phenoxy) is 3. The molecule has 8 atom stereocenters. The van der Waals surface area contributed by atoms with Crippen molar-refractivity contribution in [1.82, 2.24) is 5.32 Å². The SMILES string of the molecule is CC/C=C\C/C=C\C/C=C\C/C=C\C/C=C\CCC(O)C(=O)NC(COC1OC(CO)C(O)C(O)C1OC(=O)CCCCCCCCCCCC/C=C\C/C=C\C/C=C\CCCCC)C(O)/C=C/CCCCCCCCCCCC. The Bertz CT molecular complexity index is 1710. The van der Waals surface area contributed by atoms with Crippen LogP contribution in [-0.4, -0.2) is 99.6 Å². The molecule has 0 saturated carbocycles. The molecule has 1 aliphatic heterocycles. The summed E-state index contributed by atoms with van der Waals surface area (Å²) in [4.78, 5) is 26.6. The van der Waals surface area contributed by atoms with E-state index in [1.54, 1.807) is 6.08 Å². The summed E-state index contributed by atoms with van der Waals surface area (Å²) in [6, 6.07) is -1.06. The molecule has 1 amide bonds. The van der Waals surface area contributed by atoms with Crippen LogP contribution >= 0.6 is 0 Å². The van der Waals surface area contributed by atoms with Crippen LogP contribution in [0.4, 0.5) is 0 Å². The van der Waals surface area contributed by atoms with E-state index in [1.165, 1.54) is 103 Å². The summed E-state index contributed by atoms with van der Waals surface area (Å²) < 4.78 is 17.6. The highest BCUT2D eigenvalue weighted by atomic mass is 16.7. The van der Waals surface area contributed by atoms with Crippen LogP contribution in [-0.2, 0) is 23.8 Å². The van der Waals surface area contributed by atoms with E-state index in [1.807, 2.05) is 18.2 Å². The van der Waals surface area contributed by atoms with Crippen LogP contribution in [0.15, 0.2) is 109 Å². The lowest BCUT2D eigenvalue weighted by Gasteiger charge is -2.41. The third-order valence-corrected chi connectivity index (χ3v) is 14.4. The van der Waals surface area contributed by atoms with E-state index >= 15 is 0 Å². The lowest BCUT2D eigenvalue weighted by Crippen LogP contribution is -2.61. The molecule has 6 N–H and O–H groups in total. The largest absolute Gasteiger partial charge is 0.454 e. The highest BCUT2D eigenvalue weighted by Gasteiger charge is 2.47. The van der Waals surface area contributed by atoms with Crippen molar-refractivity contribution in [2.75, 3.05) is 13.2 Å². The second-order valence-corrected chi connectivity index (χ2v) is 21.8. The van der Waals surface area contributed by atoms with Crippen molar-refractivity contribution < 1.29 is 49.3 Å². The molecular weight excluding hydrogens is 1000 g/mol. The topological polar surface area (TPSA) is 175 Å². The Morgan fingerprint density at radius 3 is 1.38 bits per heavy atom. The van der Waals surface area contributed by atoms with Gasteiger partial charge in [-0.1, -0.05) is 252 Å². The Labute approximate surface area is 488 Å². The molecule has 0 aromatic heterocycles. The van der Waals surface area contributed by atoms with E-state index in [4.69, 9.17) is 14.2 Å². The van der Waals surface area contributed by atoms with Crippen LogP contribution in [0.5, 0.6) is 0 Å². The molecule has 0 aliphatic carbocycles. The molecule has 1 rings (SSSR count). The van der Waals surface area contributed by atoms with Crippen molar-refractivity contribution in [2.24, 2.45) is 0 Å². The zero-order chi connectivity index (χ0) is 58.2. The van der Waals surface area contributed by atoms with Gasteiger partial charge < -0.3 is 45.1 Å². The van der Waals surface area contributed by atoms with E-state index in [0.717, 1.165) is 103 Å². The summed E-state index contributed by atoms with van der Waals surface area (Å²) in [6.45, 7) is 5.60. The lowest BCUT2D eigenvalue weighted by atomic mass is 9.99. The molecule has 1 heterocycles. The molecule has 80 heavy (non-hydrogen) atoms. The van der Waals surface area contributed by atoms with Crippen LogP contribution in [0.1, 0.15) is 252 Å². The van der Waals surface area contributed by atoms with Crippen molar-refractivity contribution in [1.29, 1.82) is 0 Å². The number of carbonyl (C=O) groups excluding carboxylic acids is 2. The molecule has 0 aromatic rings. The summed E-state index contributed by atoms with van der Waals surface area (Å²) in [5.41, 5.74) is 0. The van der Waals surface area contributed by atoms with Gasteiger partial charge in [0.25, 0.3) is 0 Å². The first-order valence-corrected chi connectivity index (χ1v) is 32.2. The Balaban J connectivity index is 2.67. The average Bonchev–Trinajstić information content (AvgIpc) is 3.46. The van der Waals surface area contributed by atoms with E-state index in [2.05, 4.69) is 111 Å². The van der Waals surface area contributed by atoms with Gasteiger partial charge >= 0.3 is 5.97 Å². The summed E-state index contributed by atoms with van der Waals surface area (Å²) in [7, 11) is 0. The first-order valence-electron chi connectivity index (χ1n) is 32.2. The van der Waals surface area contributed by atoms with Gasteiger partial charge in [0.1, 0.15) is 24.4 Å². The minimum Gasteiger partial charge on any atom is -0.454 e. The van der Waals surface area contributed by atoms with Crippen molar-refractivity contribution in [3.63, 3.8) is 0 Å². The van der Waals surface area contributed by atoms with Crippen LogP contribution in [0.25, 0.3) is 0 Å². The van der Waals surface area contributed by atoms with Crippen molar-refractivity contribution in [3.05, 3.63) is 109 Å². The minimum absolute atomic E-state index is 0.107. The van der Waals surface area contributed by atoms with Gasteiger partial charge in [0.2, 0.25) is 5.91 Å². The zero-order valence-corrected chi connectivity index (χ0v) is 50.7. The van der Waals surface area contributed by atoms with Gasteiger partial charge in [-0.3, -0.25) is 9.59 Å². The molecule has 0 spiro atoms. The van der Waals surface area contributed by atoms with Crippen LogP contribution < -0.4 is 5.32 Å². The van der Waals surface area contributed by atoms with Gasteiger partial charge in [-0.2, -0.15) is 0 Å². The van der Waals surface area contributed by atoms with Crippen LogP contribution in [0.2, 0.25) is 0 Å². The first kappa shape index (κ1) is 74.3. The molecule has 0 aromatic carbocycles. The fourth-order valence-electron chi connectivity index (χ4n) is 9.34. The number of unbranched alkanes of at least 4 members (excludes halogenated alkanes) is 23. The maximum atomic E-state index is 13.4. The van der Waals surface area contributed by atoms with Crippen molar-refractivity contribution >= 4 is 11.9 Å². The summed E-state index contributed by atoms with van der Waals surface area (Å²) >= 11 is 0. The third-order valence-electron chi connectivity index (χ3n) is 14.4. The van der Waals surface area contributed by atoms with Gasteiger partial charge in [-0.15, -0.1) is 0 Å². The fourth-order valence-corrected chi connectivity index (χ4v) is 9.34. The number of nitrogens with one attached hydrogen (secondary N) is 1. The molecule has 11 heteroatoms. The summed E-state index contributed by atoms with van der Waals surface area (Å²) in [5, 5.41) is 56.9. The second-order valence-electron chi connectivity index (χ2n) is 21.8. The average molecular weight is 1120 g/mol.